The Labute approximate surface area is 229 Å². The fourth-order valence-electron chi connectivity index (χ4n) is 3.77. The molecule has 1 N–H and O–H groups in total. The van der Waals surface area contributed by atoms with Gasteiger partial charge in [-0.3, -0.25) is 14.9 Å². The Morgan fingerprint density at radius 3 is 2.34 bits per heavy atom. The normalized spacial score (nSPS) is 14.5. The Morgan fingerprint density at radius 1 is 0.974 bits per heavy atom. The van der Waals surface area contributed by atoms with E-state index in [9.17, 15) is 14.4 Å². The lowest BCUT2D eigenvalue weighted by Crippen LogP contribution is -2.54. The van der Waals surface area contributed by atoms with Crippen molar-refractivity contribution >= 4 is 45.5 Å². The third kappa shape index (κ3) is 6.06. The number of methoxy groups -OCH3 is 1. The summed E-state index contributed by atoms with van der Waals surface area (Å²) in [7, 11) is 1.50. The number of nitrogens with zero attached hydrogens (tertiary/aromatic N) is 1. The average Bonchev–Trinajstić information content (AvgIpc) is 2.90. The van der Waals surface area contributed by atoms with Crippen molar-refractivity contribution in [3.05, 3.63) is 87.4 Å². The number of benzene rings is 3. The van der Waals surface area contributed by atoms with Crippen LogP contribution in [0.2, 0.25) is 0 Å². The van der Waals surface area contributed by atoms with Gasteiger partial charge in [-0.25, -0.2) is 9.69 Å². The highest BCUT2D eigenvalue weighted by Crippen LogP contribution is 2.38. The van der Waals surface area contributed by atoms with E-state index in [4.69, 9.17) is 14.2 Å². The van der Waals surface area contributed by atoms with Gasteiger partial charge in [0.2, 0.25) is 0 Å². The third-order valence-electron chi connectivity index (χ3n) is 5.74. The predicted molar refractivity (Wildman–Crippen MR) is 147 cm³/mol. The lowest BCUT2D eigenvalue weighted by Gasteiger charge is -2.26. The molecule has 38 heavy (non-hydrogen) atoms. The Morgan fingerprint density at radius 2 is 1.68 bits per heavy atom. The zero-order chi connectivity index (χ0) is 27.2. The molecule has 3 aromatic carbocycles. The fraction of sp³-hybridized carbons (Fsp3) is 0.207. The van der Waals surface area contributed by atoms with E-state index >= 15 is 0 Å². The first kappa shape index (κ1) is 26.9. The lowest BCUT2D eigenvalue weighted by molar-refractivity contribution is -0.122. The van der Waals surface area contributed by atoms with Crippen molar-refractivity contribution in [2.75, 3.05) is 18.6 Å². The van der Waals surface area contributed by atoms with E-state index in [2.05, 4.69) is 21.2 Å². The van der Waals surface area contributed by atoms with Crippen molar-refractivity contribution in [3.8, 4) is 17.2 Å². The van der Waals surface area contributed by atoms with Crippen molar-refractivity contribution in [1.29, 1.82) is 0 Å². The number of aryl methyl sites for hydroxylation is 1. The lowest BCUT2D eigenvalue weighted by atomic mass is 10.1. The van der Waals surface area contributed by atoms with Gasteiger partial charge in [-0.15, -0.1) is 0 Å². The van der Waals surface area contributed by atoms with Crippen molar-refractivity contribution in [1.82, 2.24) is 5.32 Å². The smallest absolute Gasteiger partial charge is 0.335 e. The second kappa shape index (κ2) is 12.0. The SMILES string of the molecule is CCCOc1ccc(N2C(=O)NC(=O)/C(=C/c3cc(Br)c(OCc4ccc(C)cc4)c(OC)c3)C2=O)cc1. The summed E-state index contributed by atoms with van der Waals surface area (Å²) in [5, 5.41) is 2.23. The molecular weight excluding hydrogens is 552 g/mol. The zero-order valence-corrected chi connectivity index (χ0v) is 22.8. The third-order valence-corrected chi connectivity index (χ3v) is 6.33. The van der Waals surface area contributed by atoms with Crippen molar-refractivity contribution in [3.63, 3.8) is 0 Å². The van der Waals surface area contributed by atoms with Gasteiger partial charge in [0.15, 0.2) is 11.5 Å². The van der Waals surface area contributed by atoms with Gasteiger partial charge in [0.25, 0.3) is 11.8 Å². The number of nitrogens with one attached hydrogen (secondary N) is 1. The number of hydrogen-bond donors (Lipinski definition) is 1. The molecule has 1 aliphatic rings. The first-order valence-corrected chi connectivity index (χ1v) is 12.8. The van der Waals surface area contributed by atoms with Gasteiger partial charge >= 0.3 is 6.03 Å². The zero-order valence-electron chi connectivity index (χ0n) is 21.2. The van der Waals surface area contributed by atoms with Gasteiger partial charge in [-0.05, 0) is 82.9 Å². The number of carbonyl (C=O) groups is 3. The van der Waals surface area contributed by atoms with Crippen LogP contribution >= 0.6 is 15.9 Å². The van der Waals surface area contributed by atoms with Gasteiger partial charge in [0, 0.05) is 0 Å². The summed E-state index contributed by atoms with van der Waals surface area (Å²) in [6, 6.07) is 17.1. The number of ether oxygens (including phenoxy) is 3. The molecule has 0 aliphatic carbocycles. The molecule has 1 fully saturated rings. The maximum absolute atomic E-state index is 13.3. The van der Waals surface area contributed by atoms with Crippen molar-refractivity contribution in [2.24, 2.45) is 0 Å². The summed E-state index contributed by atoms with van der Waals surface area (Å²) in [5.41, 5.74) is 2.78. The second-order valence-electron chi connectivity index (χ2n) is 8.61. The van der Waals surface area contributed by atoms with Crippen LogP contribution in [0.5, 0.6) is 17.2 Å². The summed E-state index contributed by atoms with van der Waals surface area (Å²) in [5.74, 6) is -0.00641. The standard InChI is InChI=1S/C29H27BrN2O6/c1-4-13-37-22-11-9-21(10-12-22)32-28(34)23(27(33)31-29(32)35)14-20-15-24(30)26(25(16-20)36-3)38-17-19-7-5-18(2)6-8-19/h5-12,14-16H,4,13,17H2,1-3H3,(H,31,33,35)/b23-14-. The van der Waals surface area contributed by atoms with Crippen LogP contribution in [0.1, 0.15) is 30.0 Å². The first-order valence-electron chi connectivity index (χ1n) is 12.0. The average molecular weight is 579 g/mol. The Kier molecular flexibility index (Phi) is 8.48. The molecule has 1 heterocycles. The summed E-state index contributed by atoms with van der Waals surface area (Å²) in [6.45, 7) is 4.90. The number of anilines is 1. The molecule has 4 rings (SSSR count). The number of imide groups is 2. The Bertz CT molecular complexity index is 1380. The van der Waals surface area contributed by atoms with E-state index in [0.29, 0.717) is 46.2 Å². The molecule has 9 heteroatoms. The number of amides is 4. The van der Waals surface area contributed by atoms with Crippen LogP contribution in [-0.4, -0.2) is 31.6 Å². The highest BCUT2D eigenvalue weighted by Gasteiger charge is 2.37. The molecule has 1 saturated heterocycles. The van der Waals surface area contributed by atoms with Gasteiger partial charge < -0.3 is 14.2 Å². The van der Waals surface area contributed by atoms with E-state index in [1.54, 1.807) is 36.4 Å². The molecular formula is C29H27BrN2O6. The summed E-state index contributed by atoms with van der Waals surface area (Å²) in [4.78, 5) is 39.4. The van der Waals surface area contributed by atoms with E-state index in [0.717, 1.165) is 22.4 Å². The molecule has 0 aromatic heterocycles. The molecule has 1 aliphatic heterocycles. The van der Waals surface area contributed by atoms with E-state index < -0.39 is 17.8 Å². The number of halogens is 1. The van der Waals surface area contributed by atoms with Crippen LogP contribution in [0.15, 0.2) is 70.7 Å². The van der Waals surface area contributed by atoms with Crippen molar-refractivity contribution < 1.29 is 28.6 Å². The number of rotatable bonds is 9. The Balaban J connectivity index is 1.59. The minimum Gasteiger partial charge on any atom is -0.494 e. The van der Waals surface area contributed by atoms with E-state index in [-0.39, 0.29) is 5.57 Å². The quantitative estimate of drug-likeness (QED) is 0.255. The van der Waals surface area contributed by atoms with Crippen LogP contribution in [0.3, 0.4) is 0 Å². The molecule has 0 spiro atoms. The molecule has 0 atom stereocenters. The van der Waals surface area contributed by atoms with Gasteiger partial charge in [-0.2, -0.15) is 0 Å². The largest absolute Gasteiger partial charge is 0.494 e. The van der Waals surface area contributed by atoms with Crippen LogP contribution in [-0.2, 0) is 16.2 Å². The maximum Gasteiger partial charge on any atom is 0.335 e. The van der Waals surface area contributed by atoms with Gasteiger partial charge in [0.05, 0.1) is 23.9 Å². The molecule has 0 bridgehead atoms. The van der Waals surface area contributed by atoms with E-state index in [1.807, 2.05) is 38.1 Å². The highest BCUT2D eigenvalue weighted by atomic mass is 79.9. The number of carbonyl (C=O) groups excluding carboxylic acids is 3. The number of urea groups is 1. The minimum absolute atomic E-state index is 0.196. The van der Waals surface area contributed by atoms with Crippen molar-refractivity contribution in [2.45, 2.75) is 26.9 Å². The van der Waals surface area contributed by atoms with E-state index in [1.165, 1.54) is 13.2 Å². The van der Waals surface area contributed by atoms with Gasteiger partial charge in [0.1, 0.15) is 17.9 Å². The van der Waals surface area contributed by atoms with Crippen LogP contribution in [0, 0.1) is 6.92 Å². The van der Waals surface area contributed by atoms with Gasteiger partial charge in [-0.1, -0.05) is 36.8 Å². The molecule has 8 nitrogen and oxygen atoms in total. The van der Waals surface area contributed by atoms with Crippen LogP contribution < -0.4 is 24.4 Å². The number of barbiturate groups is 1. The number of hydrogen-bond acceptors (Lipinski definition) is 6. The monoisotopic (exact) mass is 578 g/mol. The van der Waals surface area contributed by atoms with Crippen LogP contribution in [0.25, 0.3) is 6.08 Å². The topological polar surface area (TPSA) is 94.2 Å². The molecule has 3 aromatic rings. The summed E-state index contributed by atoms with van der Waals surface area (Å²) in [6.07, 6.45) is 2.26. The Hall–Kier alpha value is -4.11. The highest BCUT2D eigenvalue weighted by molar-refractivity contribution is 9.10. The predicted octanol–water partition coefficient (Wildman–Crippen LogP) is 5.80. The molecule has 4 amide bonds. The maximum atomic E-state index is 13.3. The molecule has 0 unspecified atom stereocenters. The first-order chi connectivity index (χ1) is 18.3. The second-order valence-corrected chi connectivity index (χ2v) is 9.46. The fourth-order valence-corrected chi connectivity index (χ4v) is 4.35. The molecule has 0 saturated carbocycles. The molecule has 196 valence electrons. The van der Waals surface area contributed by atoms with Crippen LogP contribution in [0.4, 0.5) is 10.5 Å². The molecule has 0 radical (unpaired) electrons. The summed E-state index contributed by atoms with van der Waals surface area (Å²) >= 11 is 3.51. The minimum atomic E-state index is -0.821. The summed E-state index contributed by atoms with van der Waals surface area (Å²) < 4.78 is 17.7.